The summed E-state index contributed by atoms with van der Waals surface area (Å²) in [6.07, 6.45) is 0.623. The Bertz CT molecular complexity index is 1400. The predicted molar refractivity (Wildman–Crippen MR) is 141 cm³/mol. The molecule has 0 saturated carbocycles. The SMILES string of the molecule is O=C(/C=C/OC(=O)c1c(I)c(I)c(I)c(I)c1C(=O)O)Oc1c(F)c(F)c(S(=O)(=O)O)c(F)c1F. The molecule has 0 radical (unpaired) electrons. The van der Waals surface area contributed by atoms with E-state index in [9.17, 15) is 45.5 Å². The fraction of sp³-hybridized carbons (Fsp3) is 0. The molecule has 0 bridgehead atoms. The first-order chi connectivity index (χ1) is 16.0. The lowest BCUT2D eigenvalue weighted by Gasteiger charge is -2.13. The molecule has 2 aromatic rings. The van der Waals surface area contributed by atoms with E-state index in [0.29, 0.717) is 13.4 Å². The standard InChI is InChI=1S/C17H4F4I4O9S/c18-6-8(20)15(35(30,31)32)9(21)7(19)14(6)34-3(26)1-2-33-17(29)5-4(16(27)28)10(22)12(24)13(25)11(5)23/h1-2H,(H,27,28)(H,30,31,32)/b2-1+. The molecule has 0 spiro atoms. The number of ether oxygens (including phenoxy) is 2. The zero-order chi connectivity index (χ0) is 27.0. The Morgan fingerprint density at radius 3 is 1.69 bits per heavy atom. The van der Waals surface area contributed by atoms with Gasteiger partial charge in [-0.3, -0.25) is 4.55 Å². The van der Waals surface area contributed by atoms with Crippen LogP contribution in [0, 0.1) is 37.5 Å². The van der Waals surface area contributed by atoms with Gasteiger partial charge in [-0.2, -0.15) is 17.2 Å². The molecule has 0 fully saturated rings. The Hall–Kier alpha value is -0.860. The van der Waals surface area contributed by atoms with Crippen molar-refractivity contribution in [2.45, 2.75) is 4.90 Å². The Morgan fingerprint density at radius 1 is 0.800 bits per heavy atom. The third-order valence-corrected chi connectivity index (χ3v) is 12.0. The third-order valence-electron chi connectivity index (χ3n) is 3.71. The first kappa shape index (κ1) is 30.4. The first-order valence-corrected chi connectivity index (χ1v) is 13.8. The topological polar surface area (TPSA) is 144 Å². The molecule has 2 rings (SSSR count). The molecular formula is C17H4F4I4O9S. The van der Waals surface area contributed by atoms with Crippen molar-refractivity contribution in [3.8, 4) is 5.75 Å². The quantitative estimate of drug-likeness (QED) is 0.0477. The van der Waals surface area contributed by atoms with Gasteiger partial charge in [0.25, 0.3) is 0 Å². The van der Waals surface area contributed by atoms with Crippen molar-refractivity contribution in [1.29, 1.82) is 0 Å². The number of rotatable bonds is 6. The number of carboxylic acid groups (broad SMARTS) is 1. The lowest BCUT2D eigenvalue weighted by molar-refractivity contribution is -0.129. The number of hydrogen-bond donors (Lipinski definition) is 2. The van der Waals surface area contributed by atoms with Crippen LogP contribution in [0.1, 0.15) is 20.7 Å². The highest BCUT2D eigenvalue weighted by atomic mass is 127. The number of carbonyl (C=O) groups excluding carboxylic acids is 2. The van der Waals surface area contributed by atoms with Gasteiger partial charge >= 0.3 is 28.0 Å². The van der Waals surface area contributed by atoms with Gasteiger partial charge in [0.1, 0.15) is 6.26 Å². The van der Waals surface area contributed by atoms with Crippen LogP contribution in [0.2, 0.25) is 0 Å². The highest BCUT2D eigenvalue weighted by Gasteiger charge is 2.34. The maximum Gasteiger partial charge on any atom is 0.344 e. The number of carbonyl (C=O) groups is 3. The number of halogens is 8. The van der Waals surface area contributed by atoms with Crippen molar-refractivity contribution >= 4 is 118 Å². The predicted octanol–water partition coefficient (Wildman–Crippen LogP) is 4.88. The average molecular weight is 968 g/mol. The van der Waals surface area contributed by atoms with Gasteiger partial charge < -0.3 is 14.6 Å². The molecule has 0 atom stereocenters. The molecule has 35 heavy (non-hydrogen) atoms. The molecule has 0 aromatic heterocycles. The minimum absolute atomic E-state index is 0.223. The molecule has 9 nitrogen and oxygen atoms in total. The van der Waals surface area contributed by atoms with Gasteiger partial charge in [-0.05, 0) is 90.4 Å². The molecule has 0 saturated heterocycles. The molecule has 2 aromatic carbocycles. The zero-order valence-electron chi connectivity index (χ0n) is 15.8. The lowest BCUT2D eigenvalue weighted by atomic mass is 10.1. The van der Waals surface area contributed by atoms with Crippen molar-refractivity contribution < 1.29 is 59.5 Å². The van der Waals surface area contributed by atoms with Crippen molar-refractivity contribution in [1.82, 2.24) is 0 Å². The van der Waals surface area contributed by atoms with Crippen LogP contribution in [-0.4, -0.2) is 36.0 Å². The van der Waals surface area contributed by atoms with Crippen molar-refractivity contribution in [2.75, 3.05) is 0 Å². The number of aromatic carboxylic acids is 1. The van der Waals surface area contributed by atoms with Crippen LogP contribution in [0.25, 0.3) is 0 Å². The Balaban J connectivity index is 2.33. The second-order valence-corrected chi connectivity index (χ2v) is 11.5. The summed E-state index contributed by atoms with van der Waals surface area (Å²) in [7, 11) is -5.71. The molecule has 0 aliphatic carbocycles. The summed E-state index contributed by atoms with van der Waals surface area (Å²) >= 11 is 7.19. The van der Waals surface area contributed by atoms with Crippen LogP contribution < -0.4 is 4.74 Å². The monoisotopic (exact) mass is 968 g/mol. The highest BCUT2D eigenvalue weighted by Crippen LogP contribution is 2.34. The molecule has 0 amide bonds. The molecule has 0 unspecified atom stereocenters. The van der Waals surface area contributed by atoms with E-state index < -0.39 is 61.9 Å². The van der Waals surface area contributed by atoms with E-state index in [4.69, 9.17) is 4.55 Å². The normalized spacial score (nSPS) is 11.6. The Kier molecular flexibility index (Phi) is 10.1. The minimum Gasteiger partial charge on any atom is -0.478 e. The van der Waals surface area contributed by atoms with Gasteiger partial charge in [0.15, 0.2) is 16.5 Å². The van der Waals surface area contributed by atoms with Gasteiger partial charge in [-0.15, -0.1) is 0 Å². The summed E-state index contributed by atoms with van der Waals surface area (Å²) in [5.41, 5.74) is -0.734. The Morgan fingerprint density at radius 2 is 1.26 bits per heavy atom. The number of esters is 2. The summed E-state index contributed by atoms with van der Waals surface area (Å²) in [5, 5.41) is 9.48. The Labute approximate surface area is 246 Å². The van der Waals surface area contributed by atoms with Crippen LogP contribution >= 0.6 is 90.4 Å². The van der Waals surface area contributed by atoms with E-state index >= 15 is 0 Å². The van der Waals surface area contributed by atoms with Crippen molar-refractivity contribution in [3.05, 3.63) is 61.0 Å². The molecule has 0 aliphatic rings. The minimum atomic E-state index is -5.71. The molecule has 188 valence electrons. The molecule has 2 N–H and O–H groups in total. The summed E-state index contributed by atoms with van der Waals surface area (Å²) in [5.74, 6) is -16.4. The van der Waals surface area contributed by atoms with Gasteiger partial charge in [-0.1, -0.05) is 0 Å². The molecule has 0 heterocycles. The summed E-state index contributed by atoms with van der Waals surface area (Å²) < 4.78 is 96.3. The maximum absolute atomic E-state index is 13.9. The van der Waals surface area contributed by atoms with Crippen LogP contribution in [0.4, 0.5) is 17.6 Å². The van der Waals surface area contributed by atoms with E-state index in [1.54, 1.807) is 45.2 Å². The van der Waals surface area contributed by atoms with Gasteiger partial charge in [0.2, 0.25) is 17.4 Å². The maximum atomic E-state index is 13.9. The second-order valence-electron chi connectivity index (χ2n) is 5.83. The average Bonchev–Trinajstić information content (AvgIpc) is 2.74. The second kappa shape index (κ2) is 11.7. The number of carboxylic acids is 1. The smallest absolute Gasteiger partial charge is 0.344 e. The summed E-state index contributed by atoms with van der Waals surface area (Å²) in [6, 6.07) is 0. The highest BCUT2D eigenvalue weighted by molar-refractivity contribution is 14.1. The van der Waals surface area contributed by atoms with E-state index in [2.05, 4.69) is 9.47 Å². The largest absolute Gasteiger partial charge is 0.478 e. The van der Waals surface area contributed by atoms with E-state index in [1.165, 1.54) is 0 Å². The fourth-order valence-corrected chi connectivity index (χ4v) is 6.55. The van der Waals surface area contributed by atoms with Crippen LogP contribution in [0.5, 0.6) is 5.75 Å². The van der Waals surface area contributed by atoms with Gasteiger partial charge in [0, 0.05) is 14.3 Å². The van der Waals surface area contributed by atoms with Crippen LogP contribution in [-0.2, 0) is 19.6 Å². The zero-order valence-corrected chi connectivity index (χ0v) is 25.3. The first-order valence-electron chi connectivity index (χ1n) is 8.04. The fourth-order valence-electron chi connectivity index (χ4n) is 2.28. The van der Waals surface area contributed by atoms with Gasteiger partial charge in [0.05, 0.1) is 17.2 Å². The third kappa shape index (κ3) is 6.35. The molecular weight excluding hydrogens is 964 g/mol. The summed E-state index contributed by atoms with van der Waals surface area (Å²) in [6.45, 7) is 0. The van der Waals surface area contributed by atoms with E-state index in [-0.39, 0.29) is 24.3 Å². The van der Waals surface area contributed by atoms with Crippen molar-refractivity contribution in [3.63, 3.8) is 0 Å². The van der Waals surface area contributed by atoms with E-state index in [0.717, 1.165) is 0 Å². The summed E-state index contributed by atoms with van der Waals surface area (Å²) in [4.78, 5) is 33.6. The van der Waals surface area contributed by atoms with Crippen molar-refractivity contribution in [2.24, 2.45) is 0 Å². The lowest BCUT2D eigenvalue weighted by Crippen LogP contribution is -2.17. The van der Waals surface area contributed by atoms with Crippen LogP contribution in [0.3, 0.4) is 0 Å². The number of benzene rings is 2. The van der Waals surface area contributed by atoms with E-state index in [1.807, 2.05) is 45.2 Å². The molecule has 0 aliphatic heterocycles. The number of hydrogen-bond acceptors (Lipinski definition) is 7. The van der Waals surface area contributed by atoms with Gasteiger partial charge in [-0.25, -0.2) is 23.2 Å². The molecule has 18 heteroatoms. The van der Waals surface area contributed by atoms with Crippen LogP contribution in [0.15, 0.2) is 17.2 Å².